The molecule has 0 unspecified atom stereocenters. The van der Waals surface area contributed by atoms with Crippen LogP contribution in [0.2, 0.25) is 5.02 Å². The topological polar surface area (TPSA) is 58.7 Å². The second-order valence-corrected chi connectivity index (χ2v) is 8.96. The molecule has 1 aliphatic rings. The Balaban J connectivity index is 1.25. The molecule has 0 bridgehead atoms. The number of aromatic nitrogens is 4. The van der Waals surface area contributed by atoms with Gasteiger partial charge in [-0.05, 0) is 37.6 Å². The minimum absolute atomic E-state index is 0.0623. The van der Waals surface area contributed by atoms with Crippen molar-refractivity contribution in [2.45, 2.75) is 26.8 Å². The molecule has 1 saturated heterocycles. The molecule has 170 valence electrons. The van der Waals surface area contributed by atoms with Crippen molar-refractivity contribution in [2.75, 3.05) is 26.2 Å². The predicted octanol–water partition coefficient (Wildman–Crippen LogP) is 4.00. The monoisotopic (exact) mass is 462 g/mol. The largest absolute Gasteiger partial charge is 0.336 e. The fraction of sp³-hybridized carbons (Fsp3) is 0.320. The van der Waals surface area contributed by atoms with Gasteiger partial charge in [0.05, 0.1) is 33.9 Å². The first kappa shape index (κ1) is 21.7. The number of carbonyl (C=O) groups excluding carboxylic acids is 1. The SMILES string of the molecule is CCc1c(C(=O)N2CCN(Cc3cn4cc(Cl)ccc4n3)CC2)cnn1-c1ccc(C)cc1. The Kier molecular flexibility index (Phi) is 5.91. The van der Waals surface area contributed by atoms with E-state index in [-0.39, 0.29) is 5.91 Å². The molecular formula is C25H27ClN6O. The molecule has 1 amide bonds. The lowest BCUT2D eigenvalue weighted by molar-refractivity contribution is 0.0626. The zero-order valence-corrected chi connectivity index (χ0v) is 19.7. The summed E-state index contributed by atoms with van der Waals surface area (Å²) >= 11 is 6.08. The van der Waals surface area contributed by atoms with Gasteiger partial charge in [-0.2, -0.15) is 5.10 Å². The third kappa shape index (κ3) is 4.38. The van der Waals surface area contributed by atoms with Crippen LogP contribution in [-0.2, 0) is 13.0 Å². The summed E-state index contributed by atoms with van der Waals surface area (Å²) in [5.74, 6) is 0.0623. The summed E-state index contributed by atoms with van der Waals surface area (Å²) in [6, 6.07) is 12.0. The van der Waals surface area contributed by atoms with Crippen LogP contribution in [0, 0.1) is 6.92 Å². The highest BCUT2D eigenvalue weighted by Gasteiger charge is 2.26. The third-order valence-electron chi connectivity index (χ3n) is 6.22. The van der Waals surface area contributed by atoms with E-state index >= 15 is 0 Å². The quantitative estimate of drug-likeness (QED) is 0.449. The normalized spacial score (nSPS) is 14.8. The molecule has 0 spiro atoms. The highest BCUT2D eigenvalue weighted by atomic mass is 35.5. The molecule has 7 nitrogen and oxygen atoms in total. The number of pyridine rings is 1. The van der Waals surface area contributed by atoms with E-state index in [0.29, 0.717) is 23.7 Å². The maximum absolute atomic E-state index is 13.3. The van der Waals surface area contributed by atoms with E-state index < -0.39 is 0 Å². The highest BCUT2D eigenvalue weighted by molar-refractivity contribution is 6.30. The molecule has 1 aromatic carbocycles. The van der Waals surface area contributed by atoms with Crippen molar-refractivity contribution in [1.82, 2.24) is 29.0 Å². The molecule has 5 rings (SSSR count). The van der Waals surface area contributed by atoms with Gasteiger partial charge in [0.25, 0.3) is 5.91 Å². The number of aryl methyl sites for hydroxylation is 1. The Morgan fingerprint density at radius 3 is 2.52 bits per heavy atom. The molecule has 3 aromatic heterocycles. The molecule has 0 radical (unpaired) electrons. The number of nitrogens with zero attached hydrogens (tertiary/aromatic N) is 6. The lowest BCUT2D eigenvalue weighted by atomic mass is 10.1. The molecular weight excluding hydrogens is 436 g/mol. The first-order chi connectivity index (χ1) is 16.0. The van der Waals surface area contributed by atoms with Crippen molar-refractivity contribution >= 4 is 23.2 Å². The van der Waals surface area contributed by atoms with Crippen molar-refractivity contribution < 1.29 is 4.79 Å². The number of fused-ring (bicyclic) bond motifs is 1. The molecule has 4 aromatic rings. The number of hydrogen-bond donors (Lipinski definition) is 0. The number of hydrogen-bond acceptors (Lipinski definition) is 4. The van der Waals surface area contributed by atoms with E-state index in [0.717, 1.165) is 48.8 Å². The molecule has 0 N–H and O–H groups in total. The van der Waals surface area contributed by atoms with Crippen LogP contribution in [0.15, 0.2) is 55.0 Å². The van der Waals surface area contributed by atoms with E-state index in [4.69, 9.17) is 11.6 Å². The Morgan fingerprint density at radius 1 is 1.03 bits per heavy atom. The van der Waals surface area contributed by atoms with Crippen LogP contribution in [-0.4, -0.2) is 61.1 Å². The summed E-state index contributed by atoms with van der Waals surface area (Å²) in [7, 11) is 0. The number of halogens is 1. The van der Waals surface area contributed by atoms with Crippen LogP contribution >= 0.6 is 11.6 Å². The molecule has 0 atom stereocenters. The van der Waals surface area contributed by atoms with Gasteiger partial charge in [-0.3, -0.25) is 9.69 Å². The van der Waals surface area contributed by atoms with Crippen LogP contribution < -0.4 is 0 Å². The Labute approximate surface area is 198 Å². The molecule has 33 heavy (non-hydrogen) atoms. The van der Waals surface area contributed by atoms with Crippen molar-refractivity contribution in [3.63, 3.8) is 0 Å². The van der Waals surface area contributed by atoms with Gasteiger partial charge < -0.3 is 9.30 Å². The minimum atomic E-state index is 0.0623. The highest BCUT2D eigenvalue weighted by Crippen LogP contribution is 2.20. The van der Waals surface area contributed by atoms with E-state index in [1.165, 1.54) is 5.56 Å². The van der Waals surface area contributed by atoms with Crippen LogP contribution in [0.3, 0.4) is 0 Å². The summed E-state index contributed by atoms with van der Waals surface area (Å²) in [5.41, 5.74) is 5.73. The zero-order valence-electron chi connectivity index (χ0n) is 18.9. The first-order valence-electron chi connectivity index (χ1n) is 11.3. The summed E-state index contributed by atoms with van der Waals surface area (Å²) in [6.07, 6.45) is 6.35. The van der Waals surface area contributed by atoms with Crippen LogP contribution in [0.4, 0.5) is 0 Å². The number of rotatable bonds is 5. The number of benzene rings is 1. The Hall–Kier alpha value is -3.16. The van der Waals surface area contributed by atoms with Gasteiger partial charge in [-0.1, -0.05) is 36.2 Å². The van der Waals surface area contributed by atoms with Gasteiger partial charge in [-0.25, -0.2) is 9.67 Å². The fourth-order valence-corrected chi connectivity index (χ4v) is 4.57. The van der Waals surface area contributed by atoms with Gasteiger partial charge in [0, 0.05) is 45.1 Å². The molecule has 1 fully saturated rings. The predicted molar refractivity (Wildman–Crippen MR) is 129 cm³/mol. The van der Waals surface area contributed by atoms with Crippen LogP contribution in [0.5, 0.6) is 0 Å². The third-order valence-corrected chi connectivity index (χ3v) is 6.45. The maximum atomic E-state index is 13.3. The van der Waals surface area contributed by atoms with Crippen molar-refractivity contribution in [1.29, 1.82) is 0 Å². The first-order valence-corrected chi connectivity index (χ1v) is 11.7. The molecule has 4 heterocycles. The van der Waals surface area contributed by atoms with E-state index in [2.05, 4.69) is 41.0 Å². The van der Waals surface area contributed by atoms with Crippen molar-refractivity contribution in [2.24, 2.45) is 0 Å². The number of imidazole rings is 1. The van der Waals surface area contributed by atoms with Gasteiger partial charge >= 0.3 is 0 Å². The van der Waals surface area contributed by atoms with Gasteiger partial charge in [0.2, 0.25) is 0 Å². The second-order valence-electron chi connectivity index (χ2n) is 8.52. The van der Waals surface area contributed by atoms with E-state index in [1.807, 2.05) is 50.6 Å². The van der Waals surface area contributed by atoms with E-state index in [9.17, 15) is 4.79 Å². The standard InChI is InChI=1S/C25H27ClN6O/c1-3-23-22(14-27-32(23)21-7-4-18(2)5-8-21)25(33)30-12-10-29(11-13-30)16-20-17-31-15-19(26)6-9-24(31)28-20/h4-9,14-15,17H,3,10-13,16H2,1-2H3. The molecule has 0 aliphatic carbocycles. The van der Waals surface area contributed by atoms with Crippen molar-refractivity contribution in [3.05, 3.63) is 82.5 Å². The van der Waals surface area contributed by atoms with Gasteiger partial charge in [0.15, 0.2) is 0 Å². The van der Waals surface area contributed by atoms with Gasteiger partial charge in [-0.15, -0.1) is 0 Å². The number of amides is 1. The van der Waals surface area contributed by atoms with Crippen LogP contribution in [0.25, 0.3) is 11.3 Å². The lowest BCUT2D eigenvalue weighted by Crippen LogP contribution is -2.48. The summed E-state index contributed by atoms with van der Waals surface area (Å²) in [5, 5.41) is 5.23. The van der Waals surface area contributed by atoms with Crippen LogP contribution in [0.1, 0.15) is 34.2 Å². The average Bonchev–Trinajstić information content (AvgIpc) is 3.42. The lowest BCUT2D eigenvalue weighted by Gasteiger charge is -2.34. The fourth-order valence-electron chi connectivity index (χ4n) is 4.40. The van der Waals surface area contributed by atoms with Crippen molar-refractivity contribution in [3.8, 4) is 5.69 Å². The molecule has 1 aliphatic heterocycles. The Morgan fingerprint density at radius 2 is 1.79 bits per heavy atom. The minimum Gasteiger partial charge on any atom is -0.336 e. The Bertz CT molecular complexity index is 1280. The molecule has 0 saturated carbocycles. The van der Waals surface area contributed by atoms with E-state index in [1.54, 1.807) is 6.20 Å². The molecule has 8 heteroatoms. The number of piperazine rings is 1. The number of carbonyl (C=O) groups is 1. The second kappa shape index (κ2) is 9.00. The summed E-state index contributed by atoms with van der Waals surface area (Å²) in [4.78, 5) is 22.3. The maximum Gasteiger partial charge on any atom is 0.257 e. The van der Waals surface area contributed by atoms with Gasteiger partial charge in [0.1, 0.15) is 5.65 Å². The summed E-state index contributed by atoms with van der Waals surface area (Å²) < 4.78 is 3.84. The zero-order chi connectivity index (χ0) is 22.9. The smallest absolute Gasteiger partial charge is 0.257 e. The summed E-state index contributed by atoms with van der Waals surface area (Å²) in [6.45, 7) is 7.90. The average molecular weight is 463 g/mol.